The molecular weight excluding hydrogens is 535 g/mol. The van der Waals surface area contributed by atoms with Crippen molar-refractivity contribution in [3.8, 4) is 17.2 Å². The van der Waals surface area contributed by atoms with E-state index in [1.54, 1.807) is 0 Å². The van der Waals surface area contributed by atoms with Crippen molar-refractivity contribution < 1.29 is 47.7 Å². The van der Waals surface area contributed by atoms with Crippen molar-refractivity contribution in [2.45, 2.75) is 9.79 Å². The number of phenolic OH excluding ortho intramolecular Hbond substituents is 2. The Hall–Kier alpha value is -2.94. The third-order valence-corrected chi connectivity index (χ3v) is 6.42. The van der Waals surface area contributed by atoms with Crippen LogP contribution >= 0.6 is 0 Å². The molecule has 1 radical (unpaired) electrons. The van der Waals surface area contributed by atoms with Gasteiger partial charge in [-0.1, -0.05) is 0 Å². The number of azo groups is 1. The fourth-order valence-corrected chi connectivity index (χ4v) is 4.56. The molecule has 3 aromatic carbocycles. The number of fused-ring (bicyclic) bond motifs is 1. The normalized spacial score (nSPS) is 12.9. The van der Waals surface area contributed by atoms with Crippen LogP contribution in [0.15, 0.2) is 62.5 Å². The Morgan fingerprint density at radius 1 is 0.906 bits per heavy atom. The van der Waals surface area contributed by atoms with E-state index in [0.29, 0.717) is 12.1 Å². The van der Waals surface area contributed by atoms with Crippen LogP contribution < -0.4 is 3.73 Å². The molecule has 0 aliphatic carbocycles. The van der Waals surface area contributed by atoms with Crippen LogP contribution in [0.4, 0.5) is 11.4 Å². The molecule has 0 spiro atoms. The van der Waals surface area contributed by atoms with Gasteiger partial charge in [-0.2, -0.15) is 8.42 Å². The third-order valence-electron chi connectivity index (χ3n) is 3.98. The summed E-state index contributed by atoms with van der Waals surface area (Å²) < 4.78 is 89.9. The first kappa shape index (κ1) is 23.7. The van der Waals surface area contributed by atoms with Crippen LogP contribution in [0.5, 0.6) is 17.2 Å². The topological polar surface area (TPSA) is 220 Å². The molecule has 0 aromatic heterocycles. The van der Waals surface area contributed by atoms with E-state index in [4.69, 9.17) is 7.82 Å². The molecule has 1 atom stereocenters. The van der Waals surface area contributed by atoms with Gasteiger partial charge in [0.25, 0.3) is 0 Å². The molecule has 1 unspecified atom stereocenters. The SMILES string of the molecule is O=[As](O)Oc1ccccc1N=Nc1c(S(=O)(=O)O)cc2cc(S(=O)(=O)O)cc(O)c2c1O. The molecule has 0 aliphatic heterocycles. The summed E-state index contributed by atoms with van der Waals surface area (Å²) in [4.78, 5) is -1.81. The number of hydrogen-bond acceptors (Lipinski definition) is 10. The van der Waals surface area contributed by atoms with E-state index in [1.807, 2.05) is 0 Å². The van der Waals surface area contributed by atoms with Gasteiger partial charge in [0.2, 0.25) is 0 Å². The number of rotatable bonds is 6. The summed E-state index contributed by atoms with van der Waals surface area (Å²) in [7, 11) is -9.86. The van der Waals surface area contributed by atoms with Gasteiger partial charge in [-0.05, 0) is 0 Å². The van der Waals surface area contributed by atoms with Gasteiger partial charge in [0.1, 0.15) is 0 Å². The van der Waals surface area contributed by atoms with Crippen molar-refractivity contribution in [1.29, 1.82) is 0 Å². The Morgan fingerprint density at radius 3 is 2.16 bits per heavy atom. The van der Waals surface area contributed by atoms with E-state index in [2.05, 4.69) is 10.2 Å². The first-order valence-corrected chi connectivity index (χ1v) is 13.4. The molecule has 0 fully saturated rings. The molecule has 0 heterocycles. The summed E-state index contributed by atoms with van der Waals surface area (Å²) in [6.07, 6.45) is 0. The zero-order valence-electron chi connectivity index (χ0n) is 15.4. The monoisotopic (exact) mass is 547 g/mol. The van der Waals surface area contributed by atoms with Crippen LogP contribution in [0.1, 0.15) is 0 Å². The molecule has 16 heteroatoms. The van der Waals surface area contributed by atoms with Gasteiger partial charge in [-0.3, -0.25) is 4.55 Å². The van der Waals surface area contributed by atoms with Crippen LogP contribution in [0.3, 0.4) is 0 Å². The Labute approximate surface area is 184 Å². The number of hydrogen-bond donors (Lipinski definition) is 5. The van der Waals surface area contributed by atoms with Gasteiger partial charge in [0.15, 0.2) is 0 Å². The van der Waals surface area contributed by atoms with Crippen molar-refractivity contribution >= 4 is 57.7 Å². The van der Waals surface area contributed by atoms with Gasteiger partial charge >= 0.3 is 172 Å². The van der Waals surface area contributed by atoms with Gasteiger partial charge in [0.05, 0.1) is 0 Å². The van der Waals surface area contributed by atoms with Crippen molar-refractivity contribution in [1.82, 2.24) is 0 Å². The molecule has 32 heavy (non-hydrogen) atoms. The fraction of sp³-hybridized carbons (Fsp3) is 0. The molecule has 13 nitrogen and oxygen atoms in total. The molecule has 169 valence electrons. The second-order valence-electron chi connectivity index (χ2n) is 6.06. The molecule has 0 saturated carbocycles. The number of benzene rings is 3. The van der Waals surface area contributed by atoms with Gasteiger partial charge < -0.3 is 0 Å². The average molecular weight is 547 g/mol. The molecule has 0 aliphatic rings. The number of nitrogens with zero attached hydrogens (tertiary/aromatic N) is 2. The Kier molecular flexibility index (Phi) is 6.33. The molecule has 0 amide bonds. The quantitative estimate of drug-likeness (QED) is 0.170. The van der Waals surface area contributed by atoms with Gasteiger partial charge in [-0.15, -0.1) is 0 Å². The van der Waals surface area contributed by atoms with Crippen molar-refractivity contribution in [2.75, 3.05) is 0 Å². The molecule has 3 rings (SSSR count). The van der Waals surface area contributed by atoms with Crippen molar-refractivity contribution in [3.05, 3.63) is 42.5 Å². The first-order valence-electron chi connectivity index (χ1n) is 8.11. The summed E-state index contributed by atoms with van der Waals surface area (Å²) in [5.41, 5.74) is -0.964. The summed E-state index contributed by atoms with van der Waals surface area (Å²) >= 11 is -3.84. The Bertz CT molecular complexity index is 1500. The summed E-state index contributed by atoms with van der Waals surface area (Å²) in [5, 5.41) is 27.1. The van der Waals surface area contributed by atoms with Crippen LogP contribution in [0, 0.1) is 0 Å². The fourth-order valence-electron chi connectivity index (χ4n) is 2.69. The summed E-state index contributed by atoms with van der Waals surface area (Å²) in [5.74, 6) is -2.02. The van der Waals surface area contributed by atoms with Crippen LogP contribution in [-0.4, -0.2) is 55.5 Å². The minimum atomic E-state index is -5.06. The molecule has 5 N–H and O–H groups in total. The molecular formula is C16H12AsN2O11S2. The maximum atomic E-state index is 11.9. The zero-order valence-corrected chi connectivity index (χ0v) is 18.9. The average Bonchev–Trinajstić information content (AvgIpc) is 2.65. The number of phenols is 2. The van der Waals surface area contributed by atoms with E-state index in [9.17, 15) is 39.9 Å². The zero-order chi connectivity index (χ0) is 23.8. The molecule has 0 saturated heterocycles. The van der Waals surface area contributed by atoms with Crippen molar-refractivity contribution in [3.63, 3.8) is 0 Å². The second-order valence-corrected chi connectivity index (χ2v) is 10.3. The maximum absolute atomic E-state index is 11.9. The van der Waals surface area contributed by atoms with E-state index < -0.39 is 67.9 Å². The first-order chi connectivity index (χ1) is 14.8. The second kappa shape index (κ2) is 8.54. The molecule has 3 aromatic rings. The van der Waals surface area contributed by atoms with Crippen LogP contribution in [-0.2, 0) is 24.0 Å². The minimum absolute atomic E-state index is 0.136. The summed E-state index contributed by atoms with van der Waals surface area (Å²) in [6, 6.07) is 7.53. The van der Waals surface area contributed by atoms with E-state index in [1.165, 1.54) is 24.3 Å². The van der Waals surface area contributed by atoms with Gasteiger partial charge in [-0.25, -0.2) is 0 Å². The molecule has 0 bridgehead atoms. The summed E-state index contributed by atoms with van der Waals surface area (Å²) in [6.45, 7) is 0. The number of aromatic hydroxyl groups is 2. The third kappa shape index (κ3) is 4.93. The van der Waals surface area contributed by atoms with E-state index in [-0.39, 0.29) is 16.8 Å². The Morgan fingerprint density at radius 2 is 1.56 bits per heavy atom. The Balaban J connectivity index is 2.30. The van der Waals surface area contributed by atoms with E-state index >= 15 is 0 Å². The van der Waals surface area contributed by atoms with Crippen LogP contribution in [0.25, 0.3) is 10.8 Å². The predicted molar refractivity (Wildman–Crippen MR) is 107 cm³/mol. The van der Waals surface area contributed by atoms with Gasteiger partial charge in [0, 0.05) is 0 Å². The number of para-hydroxylation sites is 1. The standard InChI is InChI=1S/C16H12AsN2O11S2/c20-11-7-9(31(24,25)26)5-8-6-13(32(27,28)29)15(16(21)14(8)11)19-18-10-3-1-2-4-12(10)30-17(22)23/h1-7,20-21H,(H,22,23)(H,24,25,26)(H,27,28,29). The van der Waals surface area contributed by atoms with Crippen molar-refractivity contribution in [2.24, 2.45) is 10.2 Å². The van der Waals surface area contributed by atoms with Crippen LogP contribution in [0.2, 0.25) is 0 Å². The predicted octanol–water partition coefficient (Wildman–Crippen LogP) is 1.95. The van der Waals surface area contributed by atoms with E-state index in [0.717, 1.165) is 6.07 Å².